The Bertz CT molecular complexity index is 225. The summed E-state index contributed by atoms with van der Waals surface area (Å²) < 4.78 is 5.88. The molecule has 2 atom stereocenters. The highest BCUT2D eigenvalue weighted by atomic mass is 16.5. The van der Waals surface area contributed by atoms with Crippen LogP contribution in [0.1, 0.15) is 53.9 Å². The number of rotatable bonds is 2. The van der Waals surface area contributed by atoms with Gasteiger partial charge >= 0.3 is 0 Å². The van der Waals surface area contributed by atoms with E-state index >= 15 is 0 Å². The van der Waals surface area contributed by atoms with Gasteiger partial charge in [0, 0.05) is 12.8 Å². The van der Waals surface area contributed by atoms with Crippen molar-refractivity contribution in [2.45, 2.75) is 66.1 Å². The lowest BCUT2D eigenvalue weighted by Crippen LogP contribution is -2.40. The van der Waals surface area contributed by atoms with Gasteiger partial charge in [-0.25, -0.2) is 0 Å². The molecule has 1 rings (SSSR count). The minimum Gasteiger partial charge on any atom is -0.375 e. The molecule has 0 aromatic rings. The Morgan fingerprint density at radius 2 is 1.93 bits per heavy atom. The lowest BCUT2D eigenvalue weighted by atomic mass is 9.70. The van der Waals surface area contributed by atoms with Crippen LogP contribution in [0.3, 0.4) is 0 Å². The van der Waals surface area contributed by atoms with Gasteiger partial charge in [0.25, 0.3) is 0 Å². The summed E-state index contributed by atoms with van der Waals surface area (Å²) in [6, 6.07) is 0. The van der Waals surface area contributed by atoms with E-state index in [0.29, 0.717) is 18.1 Å². The topological polar surface area (TPSA) is 26.3 Å². The third-order valence-corrected chi connectivity index (χ3v) is 3.17. The minimum atomic E-state index is 0.131. The molecule has 88 valence electrons. The minimum absolute atomic E-state index is 0.131. The van der Waals surface area contributed by atoms with Crippen molar-refractivity contribution in [2.75, 3.05) is 0 Å². The van der Waals surface area contributed by atoms with Crippen molar-refractivity contribution >= 4 is 5.78 Å². The van der Waals surface area contributed by atoms with Crippen LogP contribution in [0, 0.1) is 11.3 Å². The predicted molar refractivity (Wildman–Crippen MR) is 61.8 cm³/mol. The number of carbonyl (C=O) groups excluding carboxylic acids is 1. The Morgan fingerprint density at radius 3 is 2.40 bits per heavy atom. The highest BCUT2D eigenvalue weighted by Gasteiger charge is 2.37. The summed E-state index contributed by atoms with van der Waals surface area (Å²) >= 11 is 0. The number of ketones is 1. The van der Waals surface area contributed by atoms with Crippen LogP contribution in [-0.4, -0.2) is 18.0 Å². The van der Waals surface area contributed by atoms with Gasteiger partial charge in [-0.1, -0.05) is 20.8 Å². The third-order valence-electron chi connectivity index (χ3n) is 3.17. The first-order valence-electron chi connectivity index (χ1n) is 5.98. The summed E-state index contributed by atoms with van der Waals surface area (Å²) in [5, 5.41) is 0. The van der Waals surface area contributed by atoms with Crippen molar-refractivity contribution in [2.24, 2.45) is 11.3 Å². The van der Waals surface area contributed by atoms with Crippen molar-refractivity contribution < 1.29 is 9.53 Å². The Balaban J connectivity index is 2.70. The maximum absolute atomic E-state index is 11.4. The summed E-state index contributed by atoms with van der Waals surface area (Å²) in [6.07, 6.45) is 2.68. The fraction of sp³-hybridized carbons (Fsp3) is 0.923. The highest BCUT2D eigenvalue weighted by Crippen LogP contribution is 2.38. The second-order valence-electron chi connectivity index (χ2n) is 5.98. The molecule has 0 bridgehead atoms. The molecule has 2 unspecified atom stereocenters. The number of carbonyl (C=O) groups is 1. The number of hydrogen-bond acceptors (Lipinski definition) is 2. The van der Waals surface area contributed by atoms with E-state index in [4.69, 9.17) is 4.74 Å². The van der Waals surface area contributed by atoms with E-state index in [1.165, 1.54) is 0 Å². The van der Waals surface area contributed by atoms with Crippen LogP contribution in [0.2, 0.25) is 0 Å². The highest BCUT2D eigenvalue weighted by molar-refractivity contribution is 5.79. The molecule has 15 heavy (non-hydrogen) atoms. The first-order valence-corrected chi connectivity index (χ1v) is 5.98. The zero-order chi connectivity index (χ0) is 11.6. The molecule has 1 fully saturated rings. The van der Waals surface area contributed by atoms with Gasteiger partial charge in [-0.15, -0.1) is 0 Å². The predicted octanol–water partition coefficient (Wildman–Crippen LogP) is 3.20. The molecule has 2 nitrogen and oxygen atoms in total. The van der Waals surface area contributed by atoms with Crippen molar-refractivity contribution in [1.82, 2.24) is 0 Å². The molecular weight excluding hydrogens is 188 g/mol. The van der Waals surface area contributed by atoms with Crippen LogP contribution in [0.4, 0.5) is 0 Å². The van der Waals surface area contributed by atoms with Gasteiger partial charge in [0.15, 0.2) is 0 Å². The van der Waals surface area contributed by atoms with Crippen molar-refractivity contribution in [1.29, 1.82) is 0 Å². The quantitative estimate of drug-likeness (QED) is 0.702. The van der Waals surface area contributed by atoms with Gasteiger partial charge in [-0.05, 0) is 31.6 Å². The van der Waals surface area contributed by atoms with Gasteiger partial charge < -0.3 is 4.74 Å². The van der Waals surface area contributed by atoms with Crippen molar-refractivity contribution in [3.63, 3.8) is 0 Å². The standard InChI is InChI=1S/C13H24O2/c1-9(2)15-12-8-10(14)6-7-11(12)13(3,4)5/h9,11-12H,6-8H2,1-5H3. The van der Waals surface area contributed by atoms with E-state index in [1.807, 2.05) is 13.8 Å². The molecule has 0 saturated heterocycles. The van der Waals surface area contributed by atoms with Crippen molar-refractivity contribution in [3.8, 4) is 0 Å². The molecule has 0 aromatic heterocycles. The summed E-state index contributed by atoms with van der Waals surface area (Å²) in [5.41, 5.74) is 0.236. The van der Waals surface area contributed by atoms with Crippen molar-refractivity contribution in [3.05, 3.63) is 0 Å². The Kier molecular flexibility index (Phi) is 3.93. The zero-order valence-corrected chi connectivity index (χ0v) is 10.7. The SMILES string of the molecule is CC(C)OC1CC(=O)CCC1C(C)(C)C. The second kappa shape index (κ2) is 4.65. The van der Waals surface area contributed by atoms with E-state index in [-0.39, 0.29) is 17.6 Å². The summed E-state index contributed by atoms with van der Waals surface area (Å²) in [6.45, 7) is 10.8. The first kappa shape index (κ1) is 12.7. The summed E-state index contributed by atoms with van der Waals surface area (Å²) in [5.74, 6) is 0.874. The maximum Gasteiger partial charge on any atom is 0.135 e. The molecule has 0 aromatic carbocycles. The zero-order valence-electron chi connectivity index (χ0n) is 10.7. The monoisotopic (exact) mass is 212 g/mol. The van der Waals surface area contributed by atoms with E-state index < -0.39 is 0 Å². The average Bonchev–Trinajstić information content (AvgIpc) is 1.99. The fourth-order valence-electron chi connectivity index (χ4n) is 2.45. The molecule has 2 heteroatoms. The van der Waals surface area contributed by atoms with Crippen LogP contribution in [-0.2, 0) is 9.53 Å². The van der Waals surface area contributed by atoms with Gasteiger partial charge in [0.1, 0.15) is 5.78 Å². The number of hydrogen-bond donors (Lipinski definition) is 0. The summed E-state index contributed by atoms with van der Waals surface area (Å²) in [7, 11) is 0. The van der Waals surface area contributed by atoms with E-state index in [2.05, 4.69) is 20.8 Å². The summed E-state index contributed by atoms with van der Waals surface area (Å²) in [4.78, 5) is 11.4. The van der Waals surface area contributed by atoms with Crippen LogP contribution in [0.5, 0.6) is 0 Å². The molecule has 1 saturated carbocycles. The van der Waals surface area contributed by atoms with Crippen LogP contribution >= 0.6 is 0 Å². The largest absolute Gasteiger partial charge is 0.375 e. The Labute approximate surface area is 93.4 Å². The van der Waals surface area contributed by atoms with Crippen LogP contribution in [0.25, 0.3) is 0 Å². The number of ether oxygens (including phenoxy) is 1. The molecule has 0 heterocycles. The third kappa shape index (κ3) is 3.60. The molecule has 1 aliphatic carbocycles. The fourth-order valence-corrected chi connectivity index (χ4v) is 2.45. The van der Waals surface area contributed by atoms with Crippen LogP contribution in [0.15, 0.2) is 0 Å². The molecule has 1 aliphatic rings. The van der Waals surface area contributed by atoms with E-state index in [1.54, 1.807) is 0 Å². The van der Waals surface area contributed by atoms with Crippen LogP contribution < -0.4 is 0 Å². The number of Topliss-reactive ketones (excluding diaryl/α,β-unsaturated/α-hetero) is 1. The molecule has 0 N–H and O–H groups in total. The second-order valence-corrected chi connectivity index (χ2v) is 5.98. The molecule has 0 aliphatic heterocycles. The van der Waals surface area contributed by atoms with Gasteiger partial charge in [-0.3, -0.25) is 4.79 Å². The molecular formula is C13H24O2. The maximum atomic E-state index is 11.4. The van der Waals surface area contributed by atoms with Gasteiger partial charge in [-0.2, -0.15) is 0 Å². The van der Waals surface area contributed by atoms with Gasteiger partial charge in [0.2, 0.25) is 0 Å². The normalized spacial score (nSPS) is 28.5. The Hall–Kier alpha value is -0.370. The lowest BCUT2D eigenvalue weighted by molar-refractivity contribution is -0.133. The van der Waals surface area contributed by atoms with E-state index in [9.17, 15) is 4.79 Å². The lowest BCUT2D eigenvalue weighted by Gasteiger charge is -2.40. The molecule has 0 radical (unpaired) electrons. The molecule has 0 amide bonds. The van der Waals surface area contributed by atoms with E-state index in [0.717, 1.165) is 12.8 Å². The molecule has 0 spiro atoms. The first-order chi connectivity index (χ1) is 6.80. The smallest absolute Gasteiger partial charge is 0.135 e. The average molecular weight is 212 g/mol. The Morgan fingerprint density at radius 1 is 1.33 bits per heavy atom. The van der Waals surface area contributed by atoms with Gasteiger partial charge in [0.05, 0.1) is 12.2 Å².